The van der Waals surface area contributed by atoms with Crippen LogP contribution in [-0.4, -0.2) is 60.4 Å². The Hall–Kier alpha value is -1.11. The Morgan fingerprint density at radius 3 is 3.13 bits per heavy atom. The number of nitrogens with zero attached hydrogens (tertiary/aromatic N) is 2. The van der Waals surface area contributed by atoms with Gasteiger partial charge in [0.05, 0.1) is 24.2 Å². The van der Waals surface area contributed by atoms with Gasteiger partial charge in [0.25, 0.3) is 0 Å². The summed E-state index contributed by atoms with van der Waals surface area (Å²) in [6.45, 7) is 8.78. The van der Waals surface area contributed by atoms with Gasteiger partial charge in [-0.05, 0) is 18.1 Å². The molecule has 1 amide bonds. The molecule has 23 heavy (non-hydrogen) atoms. The Balaban J connectivity index is 1.60. The molecule has 1 fully saturated rings. The number of hydrogen-bond acceptors (Lipinski definition) is 5. The van der Waals surface area contributed by atoms with Gasteiger partial charge < -0.3 is 10.1 Å². The van der Waals surface area contributed by atoms with E-state index >= 15 is 0 Å². The fourth-order valence-corrected chi connectivity index (χ4v) is 3.37. The largest absolute Gasteiger partial charge is 0.374 e. The fraction of sp³-hybridized carbons (Fsp3) is 0.647. The summed E-state index contributed by atoms with van der Waals surface area (Å²) in [6.07, 6.45) is 1.88. The van der Waals surface area contributed by atoms with Crippen LogP contribution in [0.2, 0.25) is 0 Å². The van der Waals surface area contributed by atoms with Crippen LogP contribution in [0.25, 0.3) is 0 Å². The van der Waals surface area contributed by atoms with Crippen LogP contribution in [0.1, 0.15) is 19.5 Å². The molecule has 0 aromatic carbocycles. The number of carbonyl (C=O) groups excluding carboxylic acids is 1. The van der Waals surface area contributed by atoms with Crippen molar-refractivity contribution in [2.45, 2.75) is 25.7 Å². The van der Waals surface area contributed by atoms with Crippen LogP contribution in [0, 0.1) is 5.92 Å². The van der Waals surface area contributed by atoms with Crippen LogP contribution in [-0.2, 0) is 15.3 Å². The van der Waals surface area contributed by atoms with Gasteiger partial charge >= 0.3 is 0 Å². The van der Waals surface area contributed by atoms with Crippen LogP contribution >= 0.6 is 11.8 Å². The van der Waals surface area contributed by atoms with Crippen molar-refractivity contribution in [3.63, 3.8) is 0 Å². The maximum atomic E-state index is 11.9. The summed E-state index contributed by atoms with van der Waals surface area (Å²) in [7, 11) is 0. The van der Waals surface area contributed by atoms with Gasteiger partial charge in [-0.15, -0.1) is 11.8 Å². The van der Waals surface area contributed by atoms with E-state index < -0.39 is 0 Å². The highest BCUT2D eigenvalue weighted by Gasteiger charge is 2.21. The lowest BCUT2D eigenvalue weighted by Crippen LogP contribution is -2.48. The first-order valence-corrected chi connectivity index (χ1v) is 9.37. The molecule has 1 aliphatic rings. The SMILES string of the molecule is CC(C)CN1CCO[C@H](CNC(=O)CSCc2ccccn2)C1. The van der Waals surface area contributed by atoms with Crippen molar-refractivity contribution in [2.24, 2.45) is 5.92 Å². The molecule has 128 valence electrons. The fourth-order valence-electron chi connectivity index (χ4n) is 2.60. The third-order valence-corrected chi connectivity index (χ3v) is 4.55. The van der Waals surface area contributed by atoms with E-state index in [0.717, 1.165) is 37.7 Å². The zero-order chi connectivity index (χ0) is 16.5. The summed E-state index contributed by atoms with van der Waals surface area (Å²) in [5.74, 6) is 1.94. The van der Waals surface area contributed by atoms with E-state index in [2.05, 4.69) is 29.0 Å². The molecule has 0 aliphatic carbocycles. The molecular weight excluding hydrogens is 310 g/mol. The topological polar surface area (TPSA) is 54.5 Å². The number of amides is 1. The van der Waals surface area contributed by atoms with Crippen molar-refractivity contribution < 1.29 is 9.53 Å². The van der Waals surface area contributed by atoms with Gasteiger partial charge in [-0.2, -0.15) is 0 Å². The lowest BCUT2D eigenvalue weighted by atomic mass is 10.2. The first-order valence-electron chi connectivity index (χ1n) is 8.22. The van der Waals surface area contributed by atoms with Crippen LogP contribution in [0.3, 0.4) is 0 Å². The number of pyridine rings is 1. The Morgan fingerprint density at radius 2 is 2.39 bits per heavy atom. The number of morpholine rings is 1. The van der Waals surface area contributed by atoms with E-state index in [1.807, 2.05) is 18.2 Å². The number of rotatable bonds is 8. The predicted octanol–water partition coefficient (Wildman–Crippen LogP) is 1.79. The Labute approximate surface area is 143 Å². The molecule has 1 saturated heterocycles. The number of thioether (sulfide) groups is 1. The average Bonchev–Trinajstić information content (AvgIpc) is 2.54. The zero-order valence-corrected chi connectivity index (χ0v) is 14.8. The van der Waals surface area contributed by atoms with E-state index in [9.17, 15) is 4.79 Å². The Morgan fingerprint density at radius 1 is 1.52 bits per heavy atom. The molecule has 0 bridgehead atoms. The third-order valence-electron chi connectivity index (χ3n) is 3.58. The summed E-state index contributed by atoms with van der Waals surface area (Å²) in [5.41, 5.74) is 1.00. The molecule has 0 unspecified atom stereocenters. The van der Waals surface area contributed by atoms with Gasteiger partial charge in [-0.3, -0.25) is 14.7 Å². The second-order valence-corrected chi connectivity index (χ2v) is 7.25. The maximum absolute atomic E-state index is 11.9. The van der Waals surface area contributed by atoms with Gasteiger partial charge in [-0.25, -0.2) is 0 Å². The van der Waals surface area contributed by atoms with Crippen molar-refractivity contribution in [1.29, 1.82) is 0 Å². The van der Waals surface area contributed by atoms with Gasteiger partial charge in [0.15, 0.2) is 0 Å². The average molecular weight is 337 g/mol. The monoisotopic (exact) mass is 337 g/mol. The van der Waals surface area contributed by atoms with Gasteiger partial charge in [0, 0.05) is 38.1 Å². The van der Waals surface area contributed by atoms with Crippen molar-refractivity contribution >= 4 is 17.7 Å². The minimum absolute atomic E-state index is 0.0653. The lowest BCUT2D eigenvalue weighted by molar-refractivity contribution is -0.119. The maximum Gasteiger partial charge on any atom is 0.230 e. The van der Waals surface area contributed by atoms with Crippen LogP contribution in [0.4, 0.5) is 0 Å². The quantitative estimate of drug-likeness (QED) is 0.784. The molecule has 1 atom stereocenters. The van der Waals surface area contributed by atoms with E-state index in [1.54, 1.807) is 18.0 Å². The molecule has 0 saturated carbocycles. The highest BCUT2D eigenvalue weighted by Crippen LogP contribution is 2.10. The van der Waals surface area contributed by atoms with Gasteiger partial charge in [0.1, 0.15) is 0 Å². The van der Waals surface area contributed by atoms with Crippen LogP contribution < -0.4 is 5.32 Å². The molecular formula is C17H27N3O2S. The molecule has 2 rings (SSSR count). The number of hydrogen-bond donors (Lipinski definition) is 1. The summed E-state index contributed by atoms with van der Waals surface area (Å²) in [4.78, 5) is 18.6. The highest BCUT2D eigenvalue weighted by molar-refractivity contribution is 7.99. The molecule has 1 aromatic rings. The van der Waals surface area contributed by atoms with Gasteiger partial charge in [0.2, 0.25) is 5.91 Å². The summed E-state index contributed by atoms with van der Waals surface area (Å²) < 4.78 is 5.74. The molecule has 1 N–H and O–H groups in total. The molecule has 0 spiro atoms. The van der Waals surface area contributed by atoms with E-state index in [-0.39, 0.29) is 12.0 Å². The summed E-state index contributed by atoms with van der Waals surface area (Å²) in [6, 6.07) is 5.84. The summed E-state index contributed by atoms with van der Waals surface area (Å²) in [5, 5.41) is 2.98. The van der Waals surface area contributed by atoms with Crippen molar-refractivity contribution in [1.82, 2.24) is 15.2 Å². The Kier molecular flexibility index (Phi) is 7.85. The number of aromatic nitrogens is 1. The number of nitrogens with one attached hydrogen (secondary N) is 1. The zero-order valence-electron chi connectivity index (χ0n) is 14.0. The van der Waals surface area contributed by atoms with E-state index in [1.165, 1.54) is 0 Å². The van der Waals surface area contributed by atoms with Crippen LogP contribution in [0.15, 0.2) is 24.4 Å². The normalized spacial score (nSPS) is 19.0. The molecule has 1 aliphatic heterocycles. The predicted molar refractivity (Wildman–Crippen MR) is 94.4 cm³/mol. The van der Waals surface area contributed by atoms with Crippen molar-refractivity contribution in [2.75, 3.05) is 38.5 Å². The van der Waals surface area contributed by atoms with Crippen LogP contribution in [0.5, 0.6) is 0 Å². The smallest absolute Gasteiger partial charge is 0.230 e. The number of ether oxygens (including phenoxy) is 1. The minimum atomic E-state index is 0.0653. The summed E-state index contributed by atoms with van der Waals surface area (Å²) >= 11 is 1.58. The molecule has 0 radical (unpaired) electrons. The third kappa shape index (κ3) is 7.33. The van der Waals surface area contributed by atoms with Crippen molar-refractivity contribution in [3.8, 4) is 0 Å². The van der Waals surface area contributed by atoms with Gasteiger partial charge in [-0.1, -0.05) is 19.9 Å². The van der Waals surface area contributed by atoms with E-state index in [0.29, 0.717) is 18.2 Å². The second-order valence-electron chi connectivity index (χ2n) is 6.26. The first kappa shape index (κ1) is 18.2. The molecule has 5 nitrogen and oxygen atoms in total. The highest BCUT2D eigenvalue weighted by atomic mass is 32.2. The molecule has 1 aromatic heterocycles. The van der Waals surface area contributed by atoms with E-state index in [4.69, 9.17) is 4.74 Å². The molecule has 2 heterocycles. The first-order chi connectivity index (χ1) is 11.1. The van der Waals surface area contributed by atoms with Crippen molar-refractivity contribution in [3.05, 3.63) is 30.1 Å². The minimum Gasteiger partial charge on any atom is -0.374 e. The molecule has 6 heteroatoms. The second kappa shape index (κ2) is 9.90. The standard InChI is InChI=1S/C17H27N3O2S/c1-14(2)10-20-7-8-22-16(11-20)9-19-17(21)13-23-12-15-5-3-4-6-18-15/h3-6,14,16H,7-13H2,1-2H3,(H,19,21)/t16-/m1/s1. The lowest BCUT2D eigenvalue weighted by Gasteiger charge is -2.33. The Bertz CT molecular complexity index is 470. The number of carbonyl (C=O) groups is 1.